The van der Waals surface area contributed by atoms with E-state index in [0.29, 0.717) is 11.4 Å². The molecule has 0 radical (unpaired) electrons. The van der Waals surface area contributed by atoms with Crippen molar-refractivity contribution in [3.8, 4) is 5.75 Å². The van der Waals surface area contributed by atoms with E-state index in [9.17, 15) is 13.2 Å². The van der Waals surface area contributed by atoms with E-state index < -0.39 is 16.1 Å². The molecule has 31 heavy (non-hydrogen) atoms. The van der Waals surface area contributed by atoms with Gasteiger partial charge in [-0.1, -0.05) is 24.3 Å². The molecule has 2 aromatic rings. The lowest BCUT2D eigenvalue weighted by molar-refractivity contribution is -0.122. The highest BCUT2D eigenvalue weighted by atomic mass is 32.2. The maximum absolute atomic E-state index is 13.1. The van der Waals surface area contributed by atoms with Gasteiger partial charge in [0.05, 0.1) is 25.1 Å². The lowest BCUT2D eigenvalue weighted by Gasteiger charge is -2.30. The summed E-state index contributed by atoms with van der Waals surface area (Å²) in [5, 5.41) is 2.99. The molecule has 0 heterocycles. The molecular formula is C24H32N2O4S. The first-order valence-electron chi connectivity index (χ1n) is 10.7. The first kappa shape index (κ1) is 23.1. The highest BCUT2D eigenvalue weighted by Gasteiger charge is 2.32. The minimum atomic E-state index is -3.73. The van der Waals surface area contributed by atoms with Crippen LogP contribution in [-0.2, 0) is 27.7 Å². The molecule has 0 saturated carbocycles. The van der Waals surface area contributed by atoms with Crippen molar-refractivity contribution >= 4 is 21.6 Å². The van der Waals surface area contributed by atoms with Crippen LogP contribution in [0.2, 0.25) is 0 Å². The van der Waals surface area contributed by atoms with E-state index in [2.05, 4.69) is 23.5 Å². The van der Waals surface area contributed by atoms with Crippen LogP contribution in [0.25, 0.3) is 0 Å². The van der Waals surface area contributed by atoms with Crippen molar-refractivity contribution in [2.45, 2.75) is 58.5 Å². The molecule has 1 N–H and O–H groups in total. The number of ether oxygens (including phenoxy) is 1. The van der Waals surface area contributed by atoms with Crippen LogP contribution in [0, 0.1) is 6.92 Å². The van der Waals surface area contributed by atoms with Gasteiger partial charge in [0.2, 0.25) is 15.9 Å². The monoisotopic (exact) mass is 444 g/mol. The Morgan fingerprint density at radius 2 is 1.74 bits per heavy atom. The summed E-state index contributed by atoms with van der Waals surface area (Å²) in [6, 6.07) is 10.5. The minimum absolute atomic E-state index is 0.233. The Morgan fingerprint density at radius 3 is 2.39 bits per heavy atom. The van der Waals surface area contributed by atoms with Crippen molar-refractivity contribution < 1.29 is 17.9 Å². The largest absolute Gasteiger partial charge is 0.495 e. The lowest BCUT2D eigenvalue weighted by atomic mass is 9.89. The summed E-state index contributed by atoms with van der Waals surface area (Å²) < 4.78 is 31.8. The minimum Gasteiger partial charge on any atom is -0.495 e. The van der Waals surface area contributed by atoms with Gasteiger partial charge in [0.1, 0.15) is 11.8 Å². The average molecular weight is 445 g/mol. The molecule has 1 amide bonds. The molecule has 3 rings (SSSR count). The molecule has 168 valence electrons. The number of rotatable bonds is 7. The first-order valence-corrected chi connectivity index (χ1v) is 12.5. The molecule has 2 aromatic carbocycles. The molecule has 1 aliphatic carbocycles. The smallest absolute Gasteiger partial charge is 0.244 e. The molecule has 7 heteroatoms. The number of benzene rings is 2. The molecule has 0 fully saturated rings. The number of sulfonamides is 1. The van der Waals surface area contributed by atoms with Gasteiger partial charge in [-0.25, -0.2) is 8.42 Å². The van der Waals surface area contributed by atoms with Crippen LogP contribution in [0.4, 0.5) is 5.69 Å². The Balaban J connectivity index is 1.85. The van der Waals surface area contributed by atoms with Crippen molar-refractivity contribution in [2.24, 2.45) is 0 Å². The summed E-state index contributed by atoms with van der Waals surface area (Å²) in [7, 11) is -2.25. The summed E-state index contributed by atoms with van der Waals surface area (Å²) >= 11 is 0. The van der Waals surface area contributed by atoms with E-state index >= 15 is 0 Å². The molecule has 6 nitrogen and oxygen atoms in total. The van der Waals surface area contributed by atoms with Crippen molar-refractivity contribution in [2.75, 3.05) is 17.7 Å². The van der Waals surface area contributed by atoms with E-state index in [4.69, 9.17) is 4.74 Å². The van der Waals surface area contributed by atoms with Gasteiger partial charge in [-0.05, 0) is 80.8 Å². The Morgan fingerprint density at radius 1 is 1.06 bits per heavy atom. The average Bonchev–Trinajstić information content (AvgIpc) is 2.72. The zero-order valence-corrected chi connectivity index (χ0v) is 19.8. The third-order valence-corrected chi connectivity index (χ3v) is 7.12. The Labute approximate surface area is 185 Å². The fourth-order valence-corrected chi connectivity index (χ4v) is 5.36. The maximum atomic E-state index is 13.1. The second kappa shape index (κ2) is 9.30. The van der Waals surface area contributed by atoms with E-state index in [1.165, 1.54) is 31.1 Å². The Bertz CT molecular complexity index is 1070. The van der Waals surface area contributed by atoms with Gasteiger partial charge in [0.15, 0.2) is 0 Å². The first-order chi connectivity index (χ1) is 14.6. The number of nitrogens with one attached hydrogen (secondary N) is 1. The van der Waals surface area contributed by atoms with E-state index in [1.54, 1.807) is 19.1 Å². The van der Waals surface area contributed by atoms with Crippen LogP contribution in [0.3, 0.4) is 0 Å². The van der Waals surface area contributed by atoms with Gasteiger partial charge in [0.25, 0.3) is 0 Å². The molecular weight excluding hydrogens is 412 g/mol. The van der Waals surface area contributed by atoms with Crippen LogP contribution in [0.15, 0.2) is 36.4 Å². The number of amides is 1. The van der Waals surface area contributed by atoms with Gasteiger partial charge in [-0.15, -0.1) is 0 Å². The van der Waals surface area contributed by atoms with Crippen LogP contribution >= 0.6 is 0 Å². The zero-order chi connectivity index (χ0) is 22.8. The normalized spacial score (nSPS) is 15.5. The van der Waals surface area contributed by atoms with Crippen LogP contribution in [0.1, 0.15) is 55.0 Å². The van der Waals surface area contributed by atoms with Crippen molar-refractivity contribution in [1.82, 2.24) is 5.32 Å². The molecule has 0 aromatic heterocycles. The predicted octanol–water partition coefficient (Wildman–Crippen LogP) is 3.91. The molecule has 0 saturated heterocycles. The highest BCUT2D eigenvalue weighted by Crippen LogP contribution is 2.33. The third kappa shape index (κ3) is 5.21. The SMILES string of the molecule is COc1ccc(C)cc1N([C@@H](C)C(=O)N[C@@H](C)c1ccc2c(c1)CCCC2)S(C)(=O)=O. The van der Waals surface area contributed by atoms with E-state index in [-0.39, 0.29) is 11.9 Å². The van der Waals surface area contributed by atoms with E-state index in [0.717, 1.165) is 34.5 Å². The second-order valence-electron chi connectivity index (χ2n) is 8.38. The lowest BCUT2D eigenvalue weighted by Crippen LogP contribution is -2.48. The summed E-state index contributed by atoms with van der Waals surface area (Å²) in [4.78, 5) is 13.1. The highest BCUT2D eigenvalue weighted by molar-refractivity contribution is 7.92. The van der Waals surface area contributed by atoms with Crippen molar-refractivity contribution in [3.05, 3.63) is 58.7 Å². The molecule has 2 atom stereocenters. The number of nitrogens with zero attached hydrogens (tertiary/aromatic N) is 1. The number of aryl methyl sites for hydroxylation is 3. The fraction of sp³-hybridized carbons (Fsp3) is 0.458. The summed E-state index contributed by atoms with van der Waals surface area (Å²) in [6.45, 7) is 5.39. The second-order valence-corrected chi connectivity index (χ2v) is 10.2. The van der Waals surface area contributed by atoms with Crippen LogP contribution in [0.5, 0.6) is 5.75 Å². The van der Waals surface area contributed by atoms with Gasteiger partial charge < -0.3 is 10.1 Å². The number of hydrogen-bond acceptors (Lipinski definition) is 4. The predicted molar refractivity (Wildman–Crippen MR) is 124 cm³/mol. The summed E-state index contributed by atoms with van der Waals surface area (Å²) in [5.74, 6) is 0.0395. The quantitative estimate of drug-likeness (QED) is 0.702. The Kier molecular flexibility index (Phi) is 6.94. The van der Waals surface area contributed by atoms with Crippen LogP contribution in [-0.4, -0.2) is 33.7 Å². The van der Waals surface area contributed by atoms with Crippen molar-refractivity contribution in [3.63, 3.8) is 0 Å². The molecule has 0 spiro atoms. The number of fused-ring (bicyclic) bond motifs is 1. The molecule has 0 unspecified atom stereocenters. The van der Waals surface area contributed by atoms with Crippen molar-refractivity contribution in [1.29, 1.82) is 0 Å². The maximum Gasteiger partial charge on any atom is 0.244 e. The topological polar surface area (TPSA) is 75.7 Å². The van der Waals surface area contributed by atoms with Gasteiger partial charge >= 0.3 is 0 Å². The van der Waals surface area contributed by atoms with Gasteiger partial charge in [-0.3, -0.25) is 9.10 Å². The molecule has 0 bridgehead atoms. The van der Waals surface area contributed by atoms with Gasteiger partial charge in [-0.2, -0.15) is 0 Å². The number of carbonyl (C=O) groups excluding carboxylic acids is 1. The van der Waals surface area contributed by atoms with Gasteiger partial charge in [0, 0.05) is 0 Å². The zero-order valence-electron chi connectivity index (χ0n) is 18.9. The fourth-order valence-electron chi connectivity index (χ4n) is 4.19. The number of hydrogen-bond donors (Lipinski definition) is 1. The summed E-state index contributed by atoms with van der Waals surface area (Å²) in [5.41, 5.74) is 4.99. The number of carbonyl (C=O) groups is 1. The van der Waals surface area contributed by atoms with E-state index in [1.807, 2.05) is 19.9 Å². The molecule has 0 aliphatic heterocycles. The summed E-state index contributed by atoms with van der Waals surface area (Å²) in [6.07, 6.45) is 5.69. The van der Waals surface area contributed by atoms with Crippen LogP contribution < -0.4 is 14.4 Å². The number of methoxy groups -OCH3 is 1. The molecule has 1 aliphatic rings. The standard InChI is InChI=1S/C24H32N2O4S/c1-16-10-13-23(30-4)22(14-16)26(31(5,28)29)18(3)24(27)25-17(2)20-12-11-19-8-6-7-9-21(19)15-20/h10-15,17-18H,6-9H2,1-5H3,(H,25,27)/t17-,18-/m0/s1. The third-order valence-electron chi connectivity index (χ3n) is 5.89. The number of anilines is 1. The Hall–Kier alpha value is -2.54.